The Morgan fingerprint density at radius 1 is 1.15 bits per heavy atom. The SMILES string of the molecule is O=C(CSc1nc(=O)n(Cc2cccnc2)c2c1CCCC2)Nc1ccc(OC(F)(F)F)cc1. The van der Waals surface area contributed by atoms with E-state index in [0.29, 0.717) is 17.3 Å². The van der Waals surface area contributed by atoms with Crippen molar-refractivity contribution in [3.05, 3.63) is 76.1 Å². The number of nitrogens with one attached hydrogen (secondary N) is 1. The molecule has 0 fully saturated rings. The molecule has 178 valence electrons. The van der Waals surface area contributed by atoms with Crippen LogP contribution >= 0.6 is 11.8 Å². The van der Waals surface area contributed by atoms with Gasteiger partial charge in [0.2, 0.25) is 5.91 Å². The van der Waals surface area contributed by atoms with Gasteiger partial charge in [0.15, 0.2) is 0 Å². The van der Waals surface area contributed by atoms with Crippen molar-refractivity contribution in [3.63, 3.8) is 0 Å². The maximum atomic E-state index is 12.8. The van der Waals surface area contributed by atoms with Crippen molar-refractivity contribution in [1.82, 2.24) is 14.5 Å². The minimum absolute atomic E-state index is 0.00625. The van der Waals surface area contributed by atoms with Crippen molar-refractivity contribution in [2.45, 2.75) is 43.6 Å². The maximum absolute atomic E-state index is 12.8. The molecule has 1 aromatic carbocycles. The first-order valence-corrected chi connectivity index (χ1v) is 11.6. The summed E-state index contributed by atoms with van der Waals surface area (Å²) in [5, 5.41) is 3.17. The number of benzene rings is 1. The van der Waals surface area contributed by atoms with Gasteiger partial charge in [-0.3, -0.25) is 14.3 Å². The van der Waals surface area contributed by atoms with Crippen molar-refractivity contribution >= 4 is 23.4 Å². The quantitative estimate of drug-likeness (QED) is 0.395. The highest BCUT2D eigenvalue weighted by Gasteiger charge is 2.31. The smallest absolute Gasteiger partial charge is 0.406 e. The lowest BCUT2D eigenvalue weighted by Crippen LogP contribution is -2.30. The average molecular weight is 491 g/mol. The summed E-state index contributed by atoms with van der Waals surface area (Å²) >= 11 is 1.18. The molecule has 1 aliphatic rings. The molecule has 4 rings (SSSR count). The fourth-order valence-electron chi connectivity index (χ4n) is 3.78. The summed E-state index contributed by atoms with van der Waals surface area (Å²) in [4.78, 5) is 33.6. The number of hydrogen-bond acceptors (Lipinski definition) is 6. The highest BCUT2D eigenvalue weighted by atomic mass is 32.2. The summed E-state index contributed by atoms with van der Waals surface area (Å²) in [7, 11) is 0. The molecule has 7 nitrogen and oxygen atoms in total. The number of hydrogen-bond donors (Lipinski definition) is 1. The van der Waals surface area contributed by atoms with Gasteiger partial charge in [0.25, 0.3) is 0 Å². The third kappa shape index (κ3) is 6.16. The summed E-state index contributed by atoms with van der Waals surface area (Å²) < 4.78 is 42.3. The lowest BCUT2D eigenvalue weighted by atomic mass is 9.97. The molecule has 1 N–H and O–H groups in total. The van der Waals surface area contributed by atoms with Gasteiger partial charge in [0.05, 0.1) is 12.3 Å². The Morgan fingerprint density at radius 3 is 2.62 bits per heavy atom. The molecule has 0 saturated carbocycles. The van der Waals surface area contributed by atoms with Crippen molar-refractivity contribution in [3.8, 4) is 5.75 Å². The van der Waals surface area contributed by atoms with Crippen LogP contribution in [-0.2, 0) is 24.2 Å². The molecule has 0 saturated heterocycles. The fraction of sp³-hybridized carbons (Fsp3) is 0.304. The van der Waals surface area contributed by atoms with Gasteiger partial charge >= 0.3 is 12.1 Å². The van der Waals surface area contributed by atoms with Crippen molar-refractivity contribution in [2.75, 3.05) is 11.1 Å². The Morgan fingerprint density at radius 2 is 1.91 bits per heavy atom. The van der Waals surface area contributed by atoms with Crippen molar-refractivity contribution in [2.24, 2.45) is 0 Å². The second-order valence-electron chi connectivity index (χ2n) is 7.69. The van der Waals surface area contributed by atoms with Crippen molar-refractivity contribution < 1.29 is 22.7 Å². The normalized spacial score (nSPS) is 13.3. The van der Waals surface area contributed by atoms with Crippen LogP contribution in [-0.4, -0.2) is 32.6 Å². The number of carbonyl (C=O) groups is 1. The number of fused-ring (bicyclic) bond motifs is 1. The number of nitrogens with zero attached hydrogens (tertiary/aromatic N) is 3. The predicted octanol–water partition coefficient (Wildman–Crippen LogP) is 4.19. The minimum Gasteiger partial charge on any atom is -0.406 e. The summed E-state index contributed by atoms with van der Waals surface area (Å²) in [6, 6.07) is 8.61. The standard InChI is InChI=1S/C23H21F3N4O3S/c24-23(25,26)33-17-9-7-16(8-10-17)28-20(31)14-34-21-18-5-1-2-6-19(18)30(22(32)29-21)13-15-4-3-11-27-12-15/h3-4,7-12H,1-2,5-6,13-14H2,(H,28,31). The van der Waals surface area contributed by atoms with Crippen LogP contribution in [0, 0.1) is 0 Å². The third-order valence-electron chi connectivity index (χ3n) is 5.23. The van der Waals surface area contributed by atoms with E-state index in [1.165, 1.54) is 23.9 Å². The van der Waals surface area contributed by atoms with E-state index in [4.69, 9.17) is 0 Å². The molecule has 0 unspecified atom stereocenters. The number of halogens is 3. The summed E-state index contributed by atoms with van der Waals surface area (Å²) in [6.07, 6.45) is 2.11. The van der Waals surface area contributed by atoms with Gasteiger partial charge in [-0.1, -0.05) is 17.8 Å². The van der Waals surface area contributed by atoms with E-state index < -0.39 is 6.36 Å². The molecule has 0 atom stereocenters. The largest absolute Gasteiger partial charge is 0.573 e. The minimum atomic E-state index is -4.78. The first-order chi connectivity index (χ1) is 16.3. The number of carbonyl (C=O) groups excluding carboxylic acids is 1. The number of aromatic nitrogens is 3. The number of alkyl halides is 3. The van der Waals surface area contributed by atoms with Crippen molar-refractivity contribution in [1.29, 1.82) is 0 Å². The number of anilines is 1. The van der Waals surface area contributed by atoms with Gasteiger partial charge in [0, 0.05) is 29.3 Å². The van der Waals surface area contributed by atoms with Crippen LogP contribution in [0.1, 0.15) is 29.7 Å². The molecular formula is C23H21F3N4O3S. The molecule has 0 spiro atoms. The number of pyridine rings is 1. The van der Waals surface area contributed by atoms with Gasteiger partial charge in [0.1, 0.15) is 10.8 Å². The molecule has 1 amide bonds. The van der Waals surface area contributed by atoms with E-state index in [1.54, 1.807) is 17.0 Å². The van der Waals surface area contributed by atoms with E-state index in [-0.39, 0.29) is 23.1 Å². The van der Waals surface area contributed by atoms with E-state index in [1.807, 2.05) is 12.1 Å². The number of rotatable bonds is 7. The highest BCUT2D eigenvalue weighted by molar-refractivity contribution is 8.00. The molecular weight excluding hydrogens is 469 g/mol. The Hall–Kier alpha value is -3.34. The second kappa shape index (κ2) is 10.3. The van der Waals surface area contributed by atoms with Crippen LogP contribution in [0.4, 0.5) is 18.9 Å². The molecule has 2 aromatic heterocycles. The highest BCUT2D eigenvalue weighted by Crippen LogP contribution is 2.29. The van der Waals surface area contributed by atoms with Gasteiger partial charge in [-0.05, 0) is 61.6 Å². The topological polar surface area (TPSA) is 86.1 Å². The number of thioether (sulfide) groups is 1. The lowest BCUT2D eigenvalue weighted by molar-refractivity contribution is -0.274. The molecule has 0 aliphatic heterocycles. The number of amides is 1. The van der Waals surface area contributed by atoms with E-state index in [0.717, 1.165) is 54.6 Å². The first-order valence-electron chi connectivity index (χ1n) is 10.6. The second-order valence-corrected chi connectivity index (χ2v) is 8.65. The number of ether oxygens (including phenoxy) is 1. The maximum Gasteiger partial charge on any atom is 0.573 e. The van der Waals surface area contributed by atoms with Crippen LogP contribution in [0.25, 0.3) is 0 Å². The Bertz CT molecular complexity index is 1220. The zero-order valence-corrected chi connectivity index (χ0v) is 18.8. The summed E-state index contributed by atoms with van der Waals surface area (Å²) in [6.45, 7) is 0.390. The van der Waals surface area contributed by atoms with Gasteiger partial charge < -0.3 is 10.1 Å². The van der Waals surface area contributed by atoms with E-state index >= 15 is 0 Å². The molecule has 1 aliphatic carbocycles. The van der Waals surface area contributed by atoms with Crippen LogP contribution in [0.3, 0.4) is 0 Å². The molecule has 34 heavy (non-hydrogen) atoms. The molecule has 2 heterocycles. The summed E-state index contributed by atoms with van der Waals surface area (Å²) in [5.41, 5.74) is 2.81. The lowest BCUT2D eigenvalue weighted by Gasteiger charge is -2.22. The average Bonchev–Trinajstić information content (AvgIpc) is 2.81. The third-order valence-corrected chi connectivity index (χ3v) is 6.24. The van der Waals surface area contributed by atoms with Crippen LogP contribution in [0.5, 0.6) is 5.75 Å². The summed E-state index contributed by atoms with van der Waals surface area (Å²) in [5.74, 6) is -0.727. The van der Waals surface area contributed by atoms with Crippen LogP contribution in [0.2, 0.25) is 0 Å². The molecule has 0 radical (unpaired) electrons. The monoisotopic (exact) mass is 490 g/mol. The predicted molar refractivity (Wildman–Crippen MR) is 121 cm³/mol. The van der Waals surface area contributed by atoms with Gasteiger partial charge in [-0.25, -0.2) is 4.79 Å². The zero-order valence-electron chi connectivity index (χ0n) is 18.0. The Labute approximate surface area is 197 Å². The van der Waals surface area contributed by atoms with Gasteiger partial charge in [-0.15, -0.1) is 13.2 Å². The van der Waals surface area contributed by atoms with E-state index in [2.05, 4.69) is 20.0 Å². The Balaban J connectivity index is 1.44. The molecule has 11 heteroatoms. The molecule has 3 aromatic rings. The fourth-order valence-corrected chi connectivity index (χ4v) is 4.65. The van der Waals surface area contributed by atoms with E-state index in [9.17, 15) is 22.8 Å². The van der Waals surface area contributed by atoms with Crippen LogP contribution in [0.15, 0.2) is 58.6 Å². The van der Waals surface area contributed by atoms with Gasteiger partial charge in [-0.2, -0.15) is 4.98 Å². The first kappa shape index (κ1) is 23.8. The zero-order chi connectivity index (χ0) is 24.1. The Kier molecular flexibility index (Phi) is 7.20. The van der Waals surface area contributed by atoms with Crippen LogP contribution < -0.4 is 15.7 Å². The molecule has 0 bridgehead atoms.